The highest BCUT2D eigenvalue weighted by Crippen LogP contribution is 2.17. The molecule has 0 heterocycles. The summed E-state index contributed by atoms with van der Waals surface area (Å²) >= 11 is 0. The van der Waals surface area contributed by atoms with E-state index in [1.807, 2.05) is 6.92 Å². The van der Waals surface area contributed by atoms with Crippen LogP contribution >= 0.6 is 0 Å². The Morgan fingerprint density at radius 3 is 2.00 bits per heavy atom. The number of benzene rings is 1. The van der Waals surface area contributed by atoms with Crippen LogP contribution in [-0.2, 0) is 0 Å². The van der Waals surface area contributed by atoms with Gasteiger partial charge in [0.05, 0.1) is 0 Å². The highest BCUT2D eigenvalue weighted by molar-refractivity contribution is 6.00. The van der Waals surface area contributed by atoms with E-state index in [1.54, 1.807) is 0 Å². The van der Waals surface area contributed by atoms with E-state index in [9.17, 15) is 0 Å². The maximum Gasteiger partial charge on any atom is 0.0388 e. The molecule has 0 amide bonds. The summed E-state index contributed by atoms with van der Waals surface area (Å²) in [7, 11) is 0. The predicted octanol–water partition coefficient (Wildman–Crippen LogP) is 3.39. The molecule has 0 aliphatic heterocycles. The highest BCUT2D eigenvalue weighted by Gasteiger charge is 2.06. The van der Waals surface area contributed by atoms with E-state index in [2.05, 4.69) is 32.9 Å². The van der Waals surface area contributed by atoms with Crippen LogP contribution in [0, 0.1) is 26.2 Å². The Kier molecular flexibility index (Phi) is 2.86. The minimum Gasteiger partial charge on any atom is -0.305 e. The molecule has 0 saturated heterocycles. The number of aryl methyl sites for hydroxylation is 3. The minimum atomic E-state index is 0.745. The van der Waals surface area contributed by atoms with Crippen LogP contribution in [0.5, 0.6) is 0 Å². The van der Waals surface area contributed by atoms with E-state index < -0.39 is 0 Å². The molecule has 0 atom stereocenters. The van der Waals surface area contributed by atoms with Gasteiger partial charge in [-0.25, -0.2) is 0 Å². The van der Waals surface area contributed by atoms with Crippen molar-refractivity contribution in [3.05, 3.63) is 34.4 Å². The van der Waals surface area contributed by atoms with Gasteiger partial charge in [-0.05, 0) is 38.3 Å². The first-order valence-corrected chi connectivity index (χ1v) is 4.72. The first-order chi connectivity index (χ1) is 6.06. The molecule has 1 nitrogen and oxygen atoms in total. The normalized spacial score (nSPS) is 10.2. The summed E-state index contributed by atoms with van der Waals surface area (Å²) in [4.78, 5) is 0. The summed E-state index contributed by atoms with van der Waals surface area (Å²) in [6.45, 7) is 8.29. The van der Waals surface area contributed by atoms with Crippen molar-refractivity contribution in [3.63, 3.8) is 0 Å². The Balaban J connectivity index is 3.28. The van der Waals surface area contributed by atoms with Crippen LogP contribution < -0.4 is 0 Å². The van der Waals surface area contributed by atoms with Crippen LogP contribution in [-0.4, -0.2) is 5.71 Å². The largest absolute Gasteiger partial charge is 0.305 e. The van der Waals surface area contributed by atoms with Gasteiger partial charge < -0.3 is 5.41 Å². The van der Waals surface area contributed by atoms with Crippen LogP contribution in [0.25, 0.3) is 0 Å². The third kappa shape index (κ3) is 1.97. The topological polar surface area (TPSA) is 23.9 Å². The second-order valence-electron chi connectivity index (χ2n) is 3.61. The average Bonchev–Trinajstić information content (AvgIpc) is 2.02. The zero-order chi connectivity index (χ0) is 10.0. The quantitative estimate of drug-likeness (QED) is 0.666. The molecule has 0 bridgehead atoms. The maximum absolute atomic E-state index is 7.83. The third-order valence-corrected chi connectivity index (χ3v) is 2.33. The van der Waals surface area contributed by atoms with Gasteiger partial charge in [-0.3, -0.25) is 0 Å². The molecule has 0 radical (unpaired) electrons. The lowest BCUT2D eigenvalue weighted by Gasteiger charge is -2.10. The lowest BCUT2D eigenvalue weighted by atomic mass is 9.95. The molecule has 1 aromatic carbocycles. The monoisotopic (exact) mass is 175 g/mol. The first-order valence-electron chi connectivity index (χ1n) is 4.72. The van der Waals surface area contributed by atoms with Crippen molar-refractivity contribution in [3.8, 4) is 0 Å². The summed E-state index contributed by atoms with van der Waals surface area (Å²) in [6.07, 6.45) is 0.810. The van der Waals surface area contributed by atoms with Crippen LogP contribution in [0.1, 0.15) is 35.6 Å². The lowest BCUT2D eigenvalue weighted by molar-refractivity contribution is 1.20. The summed E-state index contributed by atoms with van der Waals surface area (Å²) in [5, 5.41) is 7.83. The highest BCUT2D eigenvalue weighted by atomic mass is 14.4. The smallest absolute Gasteiger partial charge is 0.0388 e. The van der Waals surface area contributed by atoms with Crippen LogP contribution in [0.15, 0.2) is 12.1 Å². The molecule has 0 aromatic heterocycles. The zero-order valence-corrected chi connectivity index (χ0v) is 8.86. The van der Waals surface area contributed by atoms with Gasteiger partial charge in [-0.1, -0.05) is 24.6 Å². The second kappa shape index (κ2) is 3.73. The summed E-state index contributed by atoms with van der Waals surface area (Å²) in [5.74, 6) is 0. The molecule has 0 aliphatic rings. The van der Waals surface area contributed by atoms with E-state index in [1.165, 1.54) is 16.7 Å². The van der Waals surface area contributed by atoms with E-state index in [0.29, 0.717) is 0 Å². The molecule has 13 heavy (non-hydrogen) atoms. The maximum atomic E-state index is 7.83. The fourth-order valence-electron chi connectivity index (χ4n) is 1.83. The van der Waals surface area contributed by atoms with Gasteiger partial charge in [0.25, 0.3) is 0 Å². The zero-order valence-electron chi connectivity index (χ0n) is 8.86. The lowest BCUT2D eigenvalue weighted by Crippen LogP contribution is -2.03. The molecule has 70 valence electrons. The van der Waals surface area contributed by atoms with Gasteiger partial charge in [0.2, 0.25) is 0 Å². The summed E-state index contributed by atoms with van der Waals surface area (Å²) in [5.41, 5.74) is 5.61. The van der Waals surface area contributed by atoms with Gasteiger partial charge in [0.15, 0.2) is 0 Å². The molecule has 0 aliphatic carbocycles. The Labute approximate surface area is 80.3 Å². The van der Waals surface area contributed by atoms with E-state index in [-0.39, 0.29) is 0 Å². The Hall–Kier alpha value is -1.11. The van der Waals surface area contributed by atoms with Gasteiger partial charge in [-0.15, -0.1) is 0 Å². The summed E-state index contributed by atoms with van der Waals surface area (Å²) < 4.78 is 0. The first kappa shape index (κ1) is 9.97. The van der Waals surface area contributed by atoms with Crippen molar-refractivity contribution in [2.24, 2.45) is 0 Å². The number of rotatable bonds is 2. The van der Waals surface area contributed by atoms with Crippen molar-refractivity contribution in [1.82, 2.24) is 0 Å². The number of hydrogen-bond donors (Lipinski definition) is 1. The second-order valence-corrected chi connectivity index (χ2v) is 3.61. The minimum absolute atomic E-state index is 0.745. The fourth-order valence-corrected chi connectivity index (χ4v) is 1.83. The average molecular weight is 175 g/mol. The molecule has 0 fully saturated rings. The third-order valence-electron chi connectivity index (χ3n) is 2.33. The Morgan fingerprint density at radius 1 is 1.15 bits per heavy atom. The van der Waals surface area contributed by atoms with Crippen molar-refractivity contribution in [1.29, 1.82) is 5.41 Å². The fraction of sp³-hybridized carbons (Fsp3) is 0.417. The van der Waals surface area contributed by atoms with E-state index >= 15 is 0 Å². The van der Waals surface area contributed by atoms with Crippen molar-refractivity contribution in [2.45, 2.75) is 34.1 Å². The summed E-state index contributed by atoms with van der Waals surface area (Å²) in [6, 6.07) is 4.29. The van der Waals surface area contributed by atoms with Gasteiger partial charge in [0.1, 0.15) is 0 Å². The van der Waals surface area contributed by atoms with Crippen LogP contribution in [0.2, 0.25) is 0 Å². The molecular formula is C12H17N. The number of nitrogens with one attached hydrogen (secondary N) is 1. The molecule has 0 spiro atoms. The Morgan fingerprint density at radius 2 is 1.62 bits per heavy atom. The molecule has 1 heteroatoms. The SMILES string of the molecule is CCC(=N)c1c(C)cc(C)cc1C. The molecular weight excluding hydrogens is 158 g/mol. The van der Waals surface area contributed by atoms with Crippen LogP contribution in [0.3, 0.4) is 0 Å². The molecule has 1 N–H and O–H groups in total. The predicted molar refractivity (Wildman–Crippen MR) is 57.8 cm³/mol. The molecule has 1 rings (SSSR count). The number of hydrogen-bond acceptors (Lipinski definition) is 1. The standard InChI is InChI=1S/C12H17N/c1-5-11(13)12-9(3)6-8(2)7-10(12)4/h6-7,13H,5H2,1-4H3. The Bertz CT molecular complexity index is 314. The van der Waals surface area contributed by atoms with Gasteiger partial charge in [-0.2, -0.15) is 0 Å². The molecule has 0 saturated carbocycles. The van der Waals surface area contributed by atoms with Gasteiger partial charge >= 0.3 is 0 Å². The molecule has 0 unspecified atom stereocenters. The molecule has 1 aromatic rings. The van der Waals surface area contributed by atoms with Crippen molar-refractivity contribution in [2.75, 3.05) is 0 Å². The van der Waals surface area contributed by atoms with Crippen molar-refractivity contribution >= 4 is 5.71 Å². The van der Waals surface area contributed by atoms with Crippen LogP contribution in [0.4, 0.5) is 0 Å². The van der Waals surface area contributed by atoms with Crippen molar-refractivity contribution < 1.29 is 0 Å². The van der Waals surface area contributed by atoms with E-state index in [4.69, 9.17) is 5.41 Å². The van der Waals surface area contributed by atoms with Gasteiger partial charge in [0, 0.05) is 11.3 Å². The van der Waals surface area contributed by atoms with E-state index in [0.717, 1.165) is 17.7 Å².